The van der Waals surface area contributed by atoms with Gasteiger partial charge in [0, 0.05) is 18.1 Å². The molecule has 96 valence electrons. The molecule has 0 radical (unpaired) electrons. The van der Waals surface area contributed by atoms with Crippen LogP contribution in [0, 0.1) is 11.7 Å². The summed E-state index contributed by atoms with van der Waals surface area (Å²) in [6, 6.07) is 3.86. The Morgan fingerprint density at radius 1 is 1.56 bits per heavy atom. The maximum absolute atomic E-state index is 13.4. The first-order valence-electron chi connectivity index (χ1n) is 5.68. The lowest BCUT2D eigenvalue weighted by atomic mass is 10.0. The SMILES string of the molecule is O=Cc1ccc(OCC(=O)C2CCOC2)c(F)c1. The molecule has 1 unspecified atom stereocenters. The first kappa shape index (κ1) is 12.7. The lowest BCUT2D eigenvalue weighted by Gasteiger charge is -2.09. The first-order valence-corrected chi connectivity index (χ1v) is 5.68. The van der Waals surface area contributed by atoms with Gasteiger partial charge in [0.05, 0.1) is 6.61 Å². The number of halogens is 1. The van der Waals surface area contributed by atoms with Gasteiger partial charge in [-0.05, 0) is 24.6 Å². The maximum atomic E-state index is 13.4. The largest absolute Gasteiger partial charge is 0.483 e. The maximum Gasteiger partial charge on any atom is 0.175 e. The van der Waals surface area contributed by atoms with E-state index in [9.17, 15) is 14.0 Å². The van der Waals surface area contributed by atoms with Crippen LogP contribution in [0.25, 0.3) is 0 Å². The monoisotopic (exact) mass is 252 g/mol. The van der Waals surface area contributed by atoms with Crippen LogP contribution in [-0.2, 0) is 9.53 Å². The summed E-state index contributed by atoms with van der Waals surface area (Å²) < 4.78 is 23.7. The fourth-order valence-electron chi connectivity index (χ4n) is 1.76. The van der Waals surface area contributed by atoms with Gasteiger partial charge >= 0.3 is 0 Å². The summed E-state index contributed by atoms with van der Waals surface area (Å²) in [6.45, 7) is 0.818. The van der Waals surface area contributed by atoms with Crippen LogP contribution < -0.4 is 4.74 Å². The molecule has 1 saturated heterocycles. The Bertz CT molecular complexity index is 452. The second-order valence-corrected chi connectivity index (χ2v) is 4.12. The molecule has 0 aromatic heterocycles. The summed E-state index contributed by atoms with van der Waals surface area (Å²) in [5, 5.41) is 0. The Morgan fingerprint density at radius 2 is 2.39 bits per heavy atom. The quantitative estimate of drug-likeness (QED) is 0.747. The van der Waals surface area contributed by atoms with Crippen LogP contribution in [0.15, 0.2) is 18.2 Å². The molecule has 1 fully saturated rings. The van der Waals surface area contributed by atoms with Gasteiger partial charge in [0.2, 0.25) is 0 Å². The number of hydrogen-bond donors (Lipinski definition) is 0. The van der Waals surface area contributed by atoms with Gasteiger partial charge in [-0.2, -0.15) is 0 Å². The Balaban J connectivity index is 1.93. The van der Waals surface area contributed by atoms with Crippen LogP contribution in [-0.4, -0.2) is 31.9 Å². The first-order chi connectivity index (χ1) is 8.70. The second-order valence-electron chi connectivity index (χ2n) is 4.12. The molecule has 18 heavy (non-hydrogen) atoms. The number of rotatable bonds is 5. The van der Waals surface area contributed by atoms with E-state index in [-0.39, 0.29) is 29.6 Å². The molecule has 1 aliphatic heterocycles. The van der Waals surface area contributed by atoms with E-state index in [4.69, 9.17) is 9.47 Å². The van der Waals surface area contributed by atoms with Gasteiger partial charge in [-0.1, -0.05) is 0 Å². The fraction of sp³-hybridized carbons (Fsp3) is 0.385. The van der Waals surface area contributed by atoms with Gasteiger partial charge in [-0.3, -0.25) is 9.59 Å². The molecular formula is C13H13FO4. The van der Waals surface area contributed by atoms with Crippen LogP contribution in [0.5, 0.6) is 5.75 Å². The highest BCUT2D eigenvalue weighted by molar-refractivity contribution is 5.82. The third-order valence-corrected chi connectivity index (χ3v) is 2.85. The van der Waals surface area contributed by atoms with E-state index in [1.807, 2.05) is 0 Å². The van der Waals surface area contributed by atoms with E-state index in [0.29, 0.717) is 25.9 Å². The van der Waals surface area contributed by atoms with E-state index < -0.39 is 5.82 Å². The Labute approximate surface area is 104 Å². The molecule has 1 aromatic carbocycles. The summed E-state index contributed by atoms with van der Waals surface area (Å²) >= 11 is 0. The normalized spacial score (nSPS) is 18.6. The molecule has 0 spiro atoms. The highest BCUT2D eigenvalue weighted by Gasteiger charge is 2.23. The van der Waals surface area contributed by atoms with E-state index in [0.717, 1.165) is 6.07 Å². The minimum atomic E-state index is -0.643. The van der Waals surface area contributed by atoms with Crippen molar-refractivity contribution in [3.05, 3.63) is 29.6 Å². The molecule has 0 amide bonds. The zero-order valence-corrected chi connectivity index (χ0v) is 9.73. The van der Waals surface area contributed by atoms with Crippen LogP contribution in [0.1, 0.15) is 16.8 Å². The third-order valence-electron chi connectivity index (χ3n) is 2.85. The number of benzene rings is 1. The average molecular weight is 252 g/mol. The van der Waals surface area contributed by atoms with Crippen molar-refractivity contribution in [3.8, 4) is 5.75 Å². The van der Waals surface area contributed by atoms with E-state index in [1.54, 1.807) is 0 Å². The number of ether oxygens (including phenoxy) is 2. The molecule has 1 aromatic rings. The van der Waals surface area contributed by atoms with Gasteiger partial charge in [-0.25, -0.2) is 4.39 Å². The van der Waals surface area contributed by atoms with Gasteiger partial charge in [0.25, 0.3) is 0 Å². The Morgan fingerprint density at radius 3 is 3.00 bits per heavy atom. The molecule has 0 aliphatic carbocycles. The highest BCUT2D eigenvalue weighted by Crippen LogP contribution is 2.19. The lowest BCUT2D eigenvalue weighted by Crippen LogP contribution is -2.21. The third kappa shape index (κ3) is 2.92. The smallest absolute Gasteiger partial charge is 0.175 e. The summed E-state index contributed by atoms with van der Waals surface area (Å²) in [4.78, 5) is 22.1. The van der Waals surface area contributed by atoms with Crippen molar-refractivity contribution in [2.75, 3.05) is 19.8 Å². The Hall–Kier alpha value is -1.75. The summed E-state index contributed by atoms with van der Waals surface area (Å²) in [5.74, 6) is -0.906. The van der Waals surface area contributed by atoms with Gasteiger partial charge < -0.3 is 9.47 Å². The van der Waals surface area contributed by atoms with Crippen LogP contribution in [0.3, 0.4) is 0 Å². The van der Waals surface area contributed by atoms with Gasteiger partial charge in [0.15, 0.2) is 17.3 Å². The van der Waals surface area contributed by atoms with Crippen LogP contribution in [0.2, 0.25) is 0 Å². The zero-order valence-electron chi connectivity index (χ0n) is 9.73. The fourth-order valence-corrected chi connectivity index (χ4v) is 1.76. The van der Waals surface area contributed by atoms with E-state index in [1.165, 1.54) is 12.1 Å². The lowest BCUT2D eigenvalue weighted by molar-refractivity contribution is -0.124. The van der Waals surface area contributed by atoms with Crippen molar-refractivity contribution in [2.45, 2.75) is 6.42 Å². The summed E-state index contributed by atoms with van der Waals surface area (Å²) in [5.41, 5.74) is 0.232. The molecule has 4 nitrogen and oxygen atoms in total. The van der Waals surface area contributed by atoms with Crippen molar-refractivity contribution in [2.24, 2.45) is 5.92 Å². The minimum absolute atomic E-state index is 0.0205. The molecule has 1 aliphatic rings. The number of hydrogen-bond acceptors (Lipinski definition) is 4. The predicted octanol–water partition coefficient (Wildman–Crippen LogP) is 1.62. The van der Waals surface area contributed by atoms with E-state index in [2.05, 4.69) is 0 Å². The summed E-state index contributed by atoms with van der Waals surface area (Å²) in [6.07, 6.45) is 1.24. The molecule has 0 saturated carbocycles. The highest BCUT2D eigenvalue weighted by atomic mass is 19.1. The number of carbonyl (C=O) groups is 2. The number of ketones is 1. The van der Waals surface area contributed by atoms with Crippen molar-refractivity contribution in [3.63, 3.8) is 0 Å². The number of Topliss-reactive ketones (excluding diaryl/α,β-unsaturated/α-hetero) is 1. The van der Waals surface area contributed by atoms with Crippen molar-refractivity contribution in [1.82, 2.24) is 0 Å². The average Bonchev–Trinajstić information content (AvgIpc) is 2.90. The van der Waals surface area contributed by atoms with Crippen LogP contribution in [0.4, 0.5) is 4.39 Å². The van der Waals surface area contributed by atoms with Gasteiger partial charge in [-0.15, -0.1) is 0 Å². The standard InChI is InChI=1S/C13H13FO4/c14-11-5-9(6-15)1-2-13(11)18-8-12(16)10-3-4-17-7-10/h1-2,5-6,10H,3-4,7-8H2. The summed E-state index contributed by atoms with van der Waals surface area (Å²) in [7, 11) is 0. The van der Waals surface area contributed by atoms with Crippen molar-refractivity contribution in [1.29, 1.82) is 0 Å². The molecule has 0 bridgehead atoms. The minimum Gasteiger partial charge on any atom is -0.483 e. The van der Waals surface area contributed by atoms with Crippen LogP contribution >= 0.6 is 0 Å². The second kappa shape index (κ2) is 5.73. The molecular weight excluding hydrogens is 239 g/mol. The molecule has 5 heteroatoms. The van der Waals surface area contributed by atoms with Gasteiger partial charge in [0.1, 0.15) is 12.9 Å². The Kier molecular flexibility index (Phi) is 4.04. The topological polar surface area (TPSA) is 52.6 Å². The zero-order chi connectivity index (χ0) is 13.0. The van der Waals surface area contributed by atoms with Crippen molar-refractivity contribution < 1.29 is 23.5 Å². The molecule has 2 rings (SSSR count). The molecule has 1 atom stereocenters. The molecule has 1 heterocycles. The number of carbonyl (C=O) groups excluding carboxylic acids is 2. The molecule has 0 N–H and O–H groups in total. The number of aldehydes is 1. The van der Waals surface area contributed by atoms with E-state index >= 15 is 0 Å². The van der Waals surface area contributed by atoms with Crippen molar-refractivity contribution >= 4 is 12.1 Å². The predicted molar refractivity (Wildman–Crippen MR) is 61.2 cm³/mol.